The molecule has 94 valence electrons. The zero-order chi connectivity index (χ0) is 12.3. The second-order valence-corrected chi connectivity index (χ2v) is 5.58. The van der Waals surface area contributed by atoms with Gasteiger partial charge in [-0.15, -0.1) is 0 Å². The van der Waals surface area contributed by atoms with Crippen molar-refractivity contribution >= 4 is 0 Å². The van der Waals surface area contributed by atoms with Crippen LogP contribution >= 0.6 is 0 Å². The zero-order valence-corrected chi connectivity index (χ0v) is 10.7. The molecule has 2 atom stereocenters. The summed E-state index contributed by atoms with van der Waals surface area (Å²) >= 11 is 0. The average Bonchev–Trinajstić information content (AvgIpc) is 2.32. The molecule has 0 radical (unpaired) electrons. The molecule has 0 aromatic heterocycles. The Morgan fingerprint density at radius 2 is 2.06 bits per heavy atom. The Balaban J connectivity index is 2.03. The summed E-state index contributed by atoms with van der Waals surface area (Å²) in [5.74, 6) is 1.13. The molecule has 0 bridgehead atoms. The summed E-state index contributed by atoms with van der Waals surface area (Å²) in [6.45, 7) is 2.26. The van der Waals surface area contributed by atoms with Gasteiger partial charge in [0, 0.05) is 5.54 Å². The molecule has 1 saturated carbocycles. The van der Waals surface area contributed by atoms with Gasteiger partial charge in [0.1, 0.15) is 5.75 Å². The molecule has 0 spiro atoms. The number of phenols is 1. The van der Waals surface area contributed by atoms with E-state index in [1.807, 2.05) is 12.1 Å². The van der Waals surface area contributed by atoms with E-state index < -0.39 is 0 Å². The normalized spacial score (nSPS) is 29.2. The maximum Gasteiger partial charge on any atom is 0.115 e. The number of hydrogen-bond donors (Lipinski definition) is 2. The highest BCUT2D eigenvalue weighted by molar-refractivity contribution is 5.27. The average molecular weight is 233 g/mol. The molecule has 1 aliphatic rings. The van der Waals surface area contributed by atoms with Gasteiger partial charge in [0.15, 0.2) is 0 Å². The van der Waals surface area contributed by atoms with Crippen molar-refractivity contribution < 1.29 is 5.11 Å². The van der Waals surface area contributed by atoms with Crippen LogP contribution in [-0.2, 0) is 6.42 Å². The standard InChI is InChI=1S/C15H23NO/c1-2-12-4-3-9-15(16,10-12)11-13-5-7-14(17)8-6-13/h5-8,12,17H,2-4,9-11,16H2,1H3. The van der Waals surface area contributed by atoms with Crippen molar-refractivity contribution in [3.05, 3.63) is 29.8 Å². The molecule has 0 amide bonds. The van der Waals surface area contributed by atoms with Crippen molar-refractivity contribution in [1.82, 2.24) is 0 Å². The van der Waals surface area contributed by atoms with E-state index in [4.69, 9.17) is 5.73 Å². The second kappa shape index (κ2) is 5.09. The number of hydrogen-bond acceptors (Lipinski definition) is 2. The maximum atomic E-state index is 9.28. The van der Waals surface area contributed by atoms with Crippen molar-refractivity contribution in [2.75, 3.05) is 0 Å². The Morgan fingerprint density at radius 1 is 1.35 bits per heavy atom. The summed E-state index contributed by atoms with van der Waals surface area (Å²) in [5.41, 5.74) is 7.74. The first-order valence-corrected chi connectivity index (χ1v) is 6.68. The number of benzene rings is 1. The Kier molecular flexibility index (Phi) is 3.72. The van der Waals surface area contributed by atoms with E-state index >= 15 is 0 Å². The SMILES string of the molecule is CCC1CCCC(N)(Cc2ccc(O)cc2)C1. The predicted molar refractivity (Wildman–Crippen MR) is 71.0 cm³/mol. The van der Waals surface area contributed by atoms with Crippen LogP contribution in [0.1, 0.15) is 44.6 Å². The molecular weight excluding hydrogens is 210 g/mol. The lowest BCUT2D eigenvalue weighted by atomic mass is 9.72. The van der Waals surface area contributed by atoms with Gasteiger partial charge in [-0.3, -0.25) is 0 Å². The zero-order valence-electron chi connectivity index (χ0n) is 10.7. The van der Waals surface area contributed by atoms with Crippen LogP contribution in [0.3, 0.4) is 0 Å². The van der Waals surface area contributed by atoms with Gasteiger partial charge in [-0.05, 0) is 42.9 Å². The summed E-state index contributed by atoms with van der Waals surface area (Å²) in [6.07, 6.45) is 7.05. The monoisotopic (exact) mass is 233 g/mol. The predicted octanol–water partition coefficient (Wildman–Crippen LogP) is 3.23. The Labute approximate surface area is 104 Å². The highest BCUT2D eigenvalue weighted by Crippen LogP contribution is 2.34. The van der Waals surface area contributed by atoms with E-state index in [9.17, 15) is 5.11 Å². The molecule has 2 unspecified atom stereocenters. The first kappa shape index (κ1) is 12.4. The Morgan fingerprint density at radius 3 is 2.71 bits per heavy atom. The third-order valence-electron chi connectivity index (χ3n) is 4.05. The first-order chi connectivity index (χ1) is 8.11. The van der Waals surface area contributed by atoms with Crippen LogP contribution in [0.5, 0.6) is 5.75 Å². The molecule has 0 heterocycles. The van der Waals surface area contributed by atoms with E-state index in [1.165, 1.54) is 24.8 Å². The molecule has 0 aliphatic heterocycles. The maximum absolute atomic E-state index is 9.28. The highest BCUT2D eigenvalue weighted by atomic mass is 16.3. The minimum absolute atomic E-state index is 0.0318. The van der Waals surface area contributed by atoms with Crippen molar-refractivity contribution in [2.45, 2.75) is 51.0 Å². The van der Waals surface area contributed by atoms with Gasteiger partial charge in [-0.1, -0.05) is 38.3 Å². The molecule has 2 nitrogen and oxygen atoms in total. The van der Waals surface area contributed by atoms with Gasteiger partial charge in [0.2, 0.25) is 0 Å². The van der Waals surface area contributed by atoms with Crippen molar-refractivity contribution in [3.63, 3.8) is 0 Å². The lowest BCUT2D eigenvalue weighted by molar-refractivity contribution is 0.218. The molecule has 3 N–H and O–H groups in total. The van der Waals surface area contributed by atoms with E-state index in [2.05, 4.69) is 6.92 Å². The molecule has 17 heavy (non-hydrogen) atoms. The van der Waals surface area contributed by atoms with Crippen LogP contribution < -0.4 is 5.73 Å². The molecule has 0 saturated heterocycles. The summed E-state index contributed by atoms with van der Waals surface area (Å²) in [4.78, 5) is 0. The smallest absolute Gasteiger partial charge is 0.115 e. The number of rotatable bonds is 3. The second-order valence-electron chi connectivity index (χ2n) is 5.58. The number of aromatic hydroxyl groups is 1. The van der Waals surface area contributed by atoms with Gasteiger partial charge in [-0.2, -0.15) is 0 Å². The van der Waals surface area contributed by atoms with Gasteiger partial charge in [0.25, 0.3) is 0 Å². The lowest BCUT2D eigenvalue weighted by Crippen LogP contribution is -2.46. The molecule has 2 heteroatoms. The van der Waals surface area contributed by atoms with Gasteiger partial charge < -0.3 is 10.8 Å². The lowest BCUT2D eigenvalue weighted by Gasteiger charge is -2.38. The molecule has 2 rings (SSSR count). The molecule has 1 aromatic rings. The van der Waals surface area contributed by atoms with Crippen LogP contribution in [0.2, 0.25) is 0 Å². The Hall–Kier alpha value is -1.02. The van der Waals surface area contributed by atoms with Crippen molar-refractivity contribution in [3.8, 4) is 5.75 Å². The third kappa shape index (κ3) is 3.22. The van der Waals surface area contributed by atoms with Crippen molar-refractivity contribution in [1.29, 1.82) is 0 Å². The van der Waals surface area contributed by atoms with E-state index in [1.54, 1.807) is 12.1 Å². The highest BCUT2D eigenvalue weighted by Gasteiger charge is 2.31. The van der Waals surface area contributed by atoms with Crippen LogP contribution in [0, 0.1) is 5.92 Å². The molecule has 1 fully saturated rings. The van der Waals surface area contributed by atoms with E-state index in [-0.39, 0.29) is 5.54 Å². The summed E-state index contributed by atoms with van der Waals surface area (Å²) in [7, 11) is 0. The van der Waals surface area contributed by atoms with E-state index in [0.29, 0.717) is 5.75 Å². The van der Waals surface area contributed by atoms with Crippen molar-refractivity contribution in [2.24, 2.45) is 11.7 Å². The summed E-state index contributed by atoms with van der Waals surface area (Å²) in [6, 6.07) is 7.47. The number of phenolic OH excluding ortho intramolecular Hbond substituents is 1. The van der Waals surface area contributed by atoms with Crippen LogP contribution in [0.15, 0.2) is 24.3 Å². The van der Waals surface area contributed by atoms with Gasteiger partial charge in [-0.25, -0.2) is 0 Å². The van der Waals surface area contributed by atoms with E-state index in [0.717, 1.165) is 25.2 Å². The molecule has 1 aromatic carbocycles. The minimum atomic E-state index is -0.0318. The third-order valence-corrected chi connectivity index (χ3v) is 4.05. The van der Waals surface area contributed by atoms with Crippen LogP contribution in [-0.4, -0.2) is 10.6 Å². The summed E-state index contributed by atoms with van der Waals surface area (Å²) in [5, 5.41) is 9.28. The molecule has 1 aliphatic carbocycles. The topological polar surface area (TPSA) is 46.2 Å². The fourth-order valence-corrected chi connectivity index (χ4v) is 3.05. The fourth-order valence-electron chi connectivity index (χ4n) is 3.05. The van der Waals surface area contributed by atoms with Gasteiger partial charge in [0.05, 0.1) is 0 Å². The minimum Gasteiger partial charge on any atom is -0.508 e. The van der Waals surface area contributed by atoms with Crippen LogP contribution in [0.4, 0.5) is 0 Å². The quantitative estimate of drug-likeness (QED) is 0.842. The largest absolute Gasteiger partial charge is 0.508 e. The Bertz CT molecular complexity index is 360. The molecular formula is C15H23NO. The first-order valence-electron chi connectivity index (χ1n) is 6.68. The van der Waals surface area contributed by atoms with Crippen LogP contribution in [0.25, 0.3) is 0 Å². The van der Waals surface area contributed by atoms with Gasteiger partial charge >= 0.3 is 0 Å². The fraction of sp³-hybridized carbons (Fsp3) is 0.600. The summed E-state index contributed by atoms with van der Waals surface area (Å²) < 4.78 is 0. The number of nitrogens with two attached hydrogens (primary N) is 1.